The molecule has 0 radical (unpaired) electrons. The Bertz CT molecular complexity index is 930. The molecule has 134 valence electrons. The highest BCUT2D eigenvalue weighted by Crippen LogP contribution is 2.23. The Kier molecular flexibility index (Phi) is 4.37. The van der Waals surface area contributed by atoms with E-state index in [-0.39, 0.29) is 12.0 Å². The van der Waals surface area contributed by atoms with Gasteiger partial charge in [0.25, 0.3) is 0 Å². The van der Waals surface area contributed by atoms with E-state index in [0.717, 1.165) is 35.0 Å². The fourth-order valence-electron chi connectivity index (χ4n) is 3.59. The highest BCUT2D eigenvalue weighted by atomic mass is 16.5. The maximum atomic E-state index is 12.8. The number of ether oxygens (including phenoxy) is 1. The Morgan fingerprint density at radius 2 is 2.12 bits per heavy atom. The summed E-state index contributed by atoms with van der Waals surface area (Å²) >= 11 is 0. The van der Waals surface area contributed by atoms with Crippen LogP contribution in [0.4, 0.5) is 0 Å². The number of rotatable bonds is 4. The third-order valence-corrected chi connectivity index (χ3v) is 4.99. The van der Waals surface area contributed by atoms with E-state index < -0.39 is 0 Å². The number of aromatic nitrogens is 2. The van der Waals surface area contributed by atoms with Crippen LogP contribution in [0.15, 0.2) is 48.8 Å². The minimum absolute atomic E-state index is 0.0154. The molecule has 4 rings (SSSR count). The summed E-state index contributed by atoms with van der Waals surface area (Å²) in [5.74, 6) is 0.785. The van der Waals surface area contributed by atoms with Gasteiger partial charge in [-0.15, -0.1) is 0 Å². The van der Waals surface area contributed by atoms with Gasteiger partial charge in [-0.2, -0.15) is 0 Å². The molecule has 0 bridgehead atoms. The molecule has 3 heterocycles. The zero-order chi connectivity index (χ0) is 18.1. The predicted molar refractivity (Wildman–Crippen MR) is 101 cm³/mol. The number of pyridine rings is 1. The highest BCUT2D eigenvalue weighted by molar-refractivity contribution is 5.89. The number of amides is 1. The van der Waals surface area contributed by atoms with Crippen LogP contribution in [0.25, 0.3) is 10.9 Å². The molecule has 5 heteroatoms. The zero-order valence-electron chi connectivity index (χ0n) is 15.2. The number of nitrogens with zero attached hydrogens (tertiary/aromatic N) is 3. The van der Waals surface area contributed by atoms with Crippen molar-refractivity contribution in [2.45, 2.75) is 25.9 Å². The summed E-state index contributed by atoms with van der Waals surface area (Å²) in [6.07, 6.45) is 5.14. The van der Waals surface area contributed by atoms with Crippen molar-refractivity contribution < 1.29 is 9.53 Å². The van der Waals surface area contributed by atoms with Gasteiger partial charge in [0.05, 0.1) is 13.0 Å². The lowest BCUT2D eigenvalue weighted by molar-refractivity contribution is -0.129. The van der Waals surface area contributed by atoms with Gasteiger partial charge >= 0.3 is 0 Å². The van der Waals surface area contributed by atoms with Crippen molar-refractivity contribution in [1.82, 2.24) is 14.5 Å². The van der Waals surface area contributed by atoms with E-state index in [1.54, 1.807) is 6.20 Å². The van der Waals surface area contributed by atoms with Crippen molar-refractivity contribution >= 4 is 16.8 Å². The molecule has 0 spiro atoms. The smallest absolute Gasteiger partial charge is 0.227 e. The first-order chi connectivity index (χ1) is 12.6. The Morgan fingerprint density at radius 1 is 1.27 bits per heavy atom. The summed E-state index contributed by atoms with van der Waals surface area (Å²) < 4.78 is 8.01. The number of aryl methyl sites for hydroxylation is 2. The van der Waals surface area contributed by atoms with Crippen LogP contribution >= 0.6 is 0 Å². The van der Waals surface area contributed by atoms with E-state index in [4.69, 9.17) is 4.74 Å². The molecule has 0 N–H and O–H groups in total. The van der Waals surface area contributed by atoms with E-state index >= 15 is 0 Å². The summed E-state index contributed by atoms with van der Waals surface area (Å²) in [6.45, 7) is 3.36. The predicted octanol–water partition coefficient (Wildman–Crippen LogP) is 3.10. The van der Waals surface area contributed by atoms with Gasteiger partial charge in [-0.25, -0.2) is 4.98 Å². The summed E-state index contributed by atoms with van der Waals surface area (Å²) in [5.41, 5.74) is 3.34. The van der Waals surface area contributed by atoms with Crippen LogP contribution in [0.1, 0.15) is 17.5 Å². The number of carbonyl (C=O) groups is 1. The Morgan fingerprint density at radius 3 is 2.92 bits per heavy atom. The van der Waals surface area contributed by atoms with Gasteiger partial charge in [-0.05, 0) is 24.1 Å². The topological polar surface area (TPSA) is 47.4 Å². The molecule has 1 unspecified atom stereocenters. The molecular formula is C21H23N3O2. The largest absolute Gasteiger partial charge is 0.472 e. The van der Waals surface area contributed by atoms with Crippen LogP contribution in [0.2, 0.25) is 0 Å². The minimum atomic E-state index is 0.0154. The van der Waals surface area contributed by atoms with Crippen LogP contribution in [-0.4, -0.2) is 39.6 Å². The number of benzene rings is 1. The normalized spacial score (nSPS) is 17.0. The van der Waals surface area contributed by atoms with Crippen molar-refractivity contribution in [2.24, 2.45) is 7.05 Å². The van der Waals surface area contributed by atoms with E-state index in [2.05, 4.69) is 27.9 Å². The van der Waals surface area contributed by atoms with Gasteiger partial charge in [0.1, 0.15) is 6.10 Å². The third kappa shape index (κ3) is 3.29. The molecule has 1 atom stereocenters. The lowest BCUT2D eigenvalue weighted by atomic mass is 10.1. The van der Waals surface area contributed by atoms with Crippen molar-refractivity contribution in [3.8, 4) is 5.88 Å². The number of hydrogen-bond donors (Lipinski definition) is 0. The molecule has 1 saturated heterocycles. The number of carbonyl (C=O) groups excluding carboxylic acids is 1. The summed E-state index contributed by atoms with van der Waals surface area (Å²) in [5, 5.41) is 1.15. The van der Waals surface area contributed by atoms with Crippen LogP contribution < -0.4 is 4.74 Å². The van der Waals surface area contributed by atoms with E-state index in [1.807, 2.05) is 43.1 Å². The van der Waals surface area contributed by atoms with E-state index in [0.29, 0.717) is 18.8 Å². The fraction of sp³-hybridized carbons (Fsp3) is 0.333. The van der Waals surface area contributed by atoms with Crippen LogP contribution in [0.5, 0.6) is 5.88 Å². The first-order valence-electron chi connectivity index (χ1n) is 9.00. The molecule has 26 heavy (non-hydrogen) atoms. The van der Waals surface area contributed by atoms with Crippen molar-refractivity contribution in [3.63, 3.8) is 0 Å². The minimum Gasteiger partial charge on any atom is -0.472 e. The molecule has 1 aliphatic rings. The molecule has 1 aromatic carbocycles. The van der Waals surface area contributed by atoms with Gasteiger partial charge < -0.3 is 14.2 Å². The summed E-state index contributed by atoms with van der Waals surface area (Å²) in [4.78, 5) is 18.9. The molecule has 1 fully saturated rings. The second-order valence-electron chi connectivity index (χ2n) is 7.00. The number of para-hydroxylation sites is 1. The number of fused-ring (bicyclic) bond motifs is 1. The fourth-order valence-corrected chi connectivity index (χ4v) is 3.59. The van der Waals surface area contributed by atoms with Crippen molar-refractivity contribution in [1.29, 1.82) is 0 Å². The Labute approximate surface area is 153 Å². The molecule has 0 aliphatic carbocycles. The maximum absolute atomic E-state index is 12.8. The highest BCUT2D eigenvalue weighted by Gasteiger charge is 2.28. The van der Waals surface area contributed by atoms with Gasteiger partial charge in [0.15, 0.2) is 0 Å². The first kappa shape index (κ1) is 16.6. The van der Waals surface area contributed by atoms with E-state index in [1.165, 1.54) is 0 Å². The maximum Gasteiger partial charge on any atom is 0.227 e. The second kappa shape index (κ2) is 6.83. The molecule has 0 saturated carbocycles. The van der Waals surface area contributed by atoms with Gasteiger partial charge in [0, 0.05) is 49.4 Å². The third-order valence-electron chi connectivity index (χ3n) is 4.99. The number of likely N-dealkylation sites (tertiary alicyclic amines) is 1. The molecule has 2 aromatic heterocycles. The van der Waals surface area contributed by atoms with Crippen LogP contribution in [-0.2, 0) is 18.3 Å². The lowest BCUT2D eigenvalue weighted by Gasteiger charge is -2.17. The van der Waals surface area contributed by atoms with Crippen LogP contribution in [0.3, 0.4) is 0 Å². The molecule has 1 aliphatic heterocycles. The Balaban J connectivity index is 1.40. The molecule has 1 amide bonds. The van der Waals surface area contributed by atoms with Crippen molar-refractivity contribution in [2.75, 3.05) is 13.1 Å². The number of hydrogen-bond acceptors (Lipinski definition) is 3. The molecule has 3 aromatic rings. The van der Waals surface area contributed by atoms with Gasteiger partial charge in [-0.3, -0.25) is 4.79 Å². The molecular weight excluding hydrogens is 326 g/mol. The average molecular weight is 349 g/mol. The monoisotopic (exact) mass is 349 g/mol. The lowest BCUT2D eigenvalue weighted by Crippen LogP contribution is -2.32. The van der Waals surface area contributed by atoms with Gasteiger partial charge in [0.2, 0.25) is 11.8 Å². The van der Waals surface area contributed by atoms with Gasteiger partial charge in [-0.1, -0.05) is 24.3 Å². The average Bonchev–Trinajstić information content (AvgIpc) is 3.23. The van der Waals surface area contributed by atoms with E-state index in [9.17, 15) is 4.79 Å². The Hall–Kier alpha value is -2.82. The standard InChI is InChI=1S/C21H23N3O2/c1-15-7-8-20(22-12-15)26-17-9-10-24(14-17)21(25)11-16-13-23(2)19-6-4-3-5-18(16)19/h3-8,12-13,17H,9-11,14H2,1-2H3. The second-order valence-corrected chi connectivity index (χ2v) is 7.00. The molecule has 5 nitrogen and oxygen atoms in total. The van der Waals surface area contributed by atoms with Crippen LogP contribution in [0, 0.1) is 6.92 Å². The zero-order valence-corrected chi connectivity index (χ0v) is 15.2. The summed E-state index contributed by atoms with van der Waals surface area (Å²) in [6, 6.07) is 12.1. The summed E-state index contributed by atoms with van der Waals surface area (Å²) in [7, 11) is 2.02. The quantitative estimate of drug-likeness (QED) is 0.727. The van der Waals surface area contributed by atoms with Crippen molar-refractivity contribution in [3.05, 3.63) is 59.9 Å². The first-order valence-corrected chi connectivity index (χ1v) is 9.00. The SMILES string of the molecule is Cc1ccc(OC2CCN(C(=O)Cc3cn(C)c4ccccc34)C2)nc1.